The molecule has 0 bridgehead atoms. The fraction of sp³-hybridized carbons (Fsp3) is 0.250. The number of benzene rings is 1. The van der Waals surface area contributed by atoms with E-state index in [4.69, 9.17) is 5.26 Å². The molecule has 4 nitrogen and oxygen atoms in total. The van der Waals surface area contributed by atoms with Crippen molar-refractivity contribution in [2.45, 2.75) is 19.9 Å². The molecule has 0 saturated heterocycles. The van der Waals surface area contributed by atoms with Crippen LogP contribution in [-0.2, 0) is 0 Å². The SMILES string of the molecule is CC(C)n1nnc(C#N)c1-c1ccc(F)c(F)c1. The van der Waals surface area contributed by atoms with Crippen molar-refractivity contribution >= 4 is 0 Å². The van der Waals surface area contributed by atoms with Crippen molar-refractivity contribution in [3.05, 3.63) is 35.5 Å². The lowest BCUT2D eigenvalue weighted by molar-refractivity contribution is 0.506. The number of hydrogen-bond acceptors (Lipinski definition) is 3. The average Bonchev–Trinajstić information content (AvgIpc) is 2.76. The monoisotopic (exact) mass is 248 g/mol. The summed E-state index contributed by atoms with van der Waals surface area (Å²) >= 11 is 0. The molecule has 0 radical (unpaired) electrons. The smallest absolute Gasteiger partial charge is 0.190 e. The van der Waals surface area contributed by atoms with E-state index in [-0.39, 0.29) is 11.7 Å². The van der Waals surface area contributed by atoms with Crippen LogP contribution in [0.25, 0.3) is 11.3 Å². The van der Waals surface area contributed by atoms with E-state index in [9.17, 15) is 8.78 Å². The molecule has 1 heterocycles. The van der Waals surface area contributed by atoms with Gasteiger partial charge in [-0.1, -0.05) is 5.21 Å². The number of nitriles is 1. The van der Waals surface area contributed by atoms with Gasteiger partial charge in [0.05, 0.1) is 0 Å². The molecule has 0 aliphatic rings. The lowest BCUT2D eigenvalue weighted by Gasteiger charge is -2.09. The highest BCUT2D eigenvalue weighted by Crippen LogP contribution is 2.25. The van der Waals surface area contributed by atoms with Gasteiger partial charge in [0.1, 0.15) is 11.8 Å². The van der Waals surface area contributed by atoms with Crippen LogP contribution in [-0.4, -0.2) is 15.0 Å². The summed E-state index contributed by atoms with van der Waals surface area (Å²) in [4.78, 5) is 0. The first-order valence-corrected chi connectivity index (χ1v) is 5.35. The van der Waals surface area contributed by atoms with Crippen LogP contribution < -0.4 is 0 Å². The molecule has 92 valence electrons. The second kappa shape index (κ2) is 4.53. The van der Waals surface area contributed by atoms with Crippen LogP contribution in [0.15, 0.2) is 18.2 Å². The van der Waals surface area contributed by atoms with Crippen molar-refractivity contribution in [1.29, 1.82) is 5.26 Å². The second-order valence-corrected chi connectivity index (χ2v) is 4.07. The fourth-order valence-electron chi connectivity index (χ4n) is 1.64. The van der Waals surface area contributed by atoms with Gasteiger partial charge in [-0.25, -0.2) is 13.5 Å². The normalized spacial score (nSPS) is 10.7. The Morgan fingerprint density at radius 3 is 2.56 bits per heavy atom. The maximum absolute atomic E-state index is 13.2. The van der Waals surface area contributed by atoms with Crippen molar-refractivity contribution < 1.29 is 8.78 Å². The molecule has 1 aromatic heterocycles. The largest absolute Gasteiger partial charge is 0.241 e. The average molecular weight is 248 g/mol. The highest BCUT2D eigenvalue weighted by molar-refractivity contribution is 5.65. The number of aromatic nitrogens is 3. The number of hydrogen-bond donors (Lipinski definition) is 0. The highest BCUT2D eigenvalue weighted by atomic mass is 19.2. The predicted octanol–water partition coefficient (Wildman–Crippen LogP) is 2.68. The second-order valence-electron chi connectivity index (χ2n) is 4.07. The number of nitrogens with zero attached hydrogens (tertiary/aromatic N) is 4. The maximum Gasteiger partial charge on any atom is 0.190 e. The van der Waals surface area contributed by atoms with Crippen LogP contribution in [0.1, 0.15) is 25.6 Å². The van der Waals surface area contributed by atoms with Crippen molar-refractivity contribution in [2.75, 3.05) is 0 Å². The molecular formula is C12H10F2N4. The van der Waals surface area contributed by atoms with Gasteiger partial charge in [0.15, 0.2) is 17.3 Å². The van der Waals surface area contributed by atoms with E-state index in [1.807, 2.05) is 19.9 Å². The lowest BCUT2D eigenvalue weighted by Crippen LogP contribution is -2.05. The van der Waals surface area contributed by atoms with Crippen LogP contribution in [0.4, 0.5) is 8.78 Å². The molecule has 0 unspecified atom stereocenters. The van der Waals surface area contributed by atoms with Crippen LogP contribution in [0, 0.1) is 23.0 Å². The Labute approximate surface area is 102 Å². The zero-order chi connectivity index (χ0) is 13.3. The summed E-state index contributed by atoms with van der Waals surface area (Å²) in [6.45, 7) is 3.72. The Morgan fingerprint density at radius 1 is 1.28 bits per heavy atom. The Morgan fingerprint density at radius 2 is 2.00 bits per heavy atom. The molecule has 2 aromatic rings. The first-order valence-electron chi connectivity index (χ1n) is 5.35. The van der Waals surface area contributed by atoms with E-state index in [0.717, 1.165) is 12.1 Å². The van der Waals surface area contributed by atoms with Gasteiger partial charge in [0.2, 0.25) is 0 Å². The molecule has 0 spiro atoms. The Bertz CT molecular complexity index is 625. The summed E-state index contributed by atoms with van der Waals surface area (Å²) in [5.74, 6) is -1.89. The van der Waals surface area contributed by atoms with Crippen molar-refractivity contribution in [1.82, 2.24) is 15.0 Å². The van der Waals surface area contributed by atoms with E-state index in [1.54, 1.807) is 0 Å². The Hall–Kier alpha value is -2.29. The molecule has 0 aliphatic heterocycles. The third-order valence-electron chi connectivity index (χ3n) is 2.48. The molecule has 1 aromatic carbocycles. The third-order valence-corrected chi connectivity index (χ3v) is 2.48. The van der Waals surface area contributed by atoms with Gasteiger partial charge < -0.3 is 0 Å². The minimum absolute atomic E-state index is 0.0392. The van der Waals surface area contributed by atoms with Gasteiger partial charge in [-0.2, -0.15) is 5.26 Å². The van der Waals surface area contributed by atoms with Gasteiger partial charge in [0.25, 0.3) is 0 Å². The minimum Gasteiger partial charge on any atom is -0.241 e. The van der Waals surface area contributed by atoms with Gasteiger partial charge in [0, 0.05) is 11.6 Å². The number of rotatable bonds is 2. The quantitative estimate of drug-likeness (QED) is 0.821. The zero-order valence-electron chi connectivity index (χ0n) is 9.85. The van der Waals surface area contributed by atoms with Gasteiger partial charge in [-0.05, 0) is 32.0 Å². The lowest BCUT2D eigenvalue weighted by atomic mass is 10.1. The van der Waals surface area contributed by atoms with E-state index in [0.29, 0.717) is 11.3 Å². The Kier molecular flexibility index (Phi) is 3.06. The maximum atomic E-state index is 13.2. The van der Waals surface area contributed by atoms with E-state index in [2.05, 4.69) is 10.3 Å². The van der Waals surface area contributed by atoms with Crippen molar-refractivity contribution in [3.63, 3.8) is 0 Å². The molecule has 6 heteroatoms. The van der Waals surface area contributed by atoms with Gasteiger partial charge >= 0.3 is 0 Å². The molecule has 0 N–H and O–H groups in total. The number of halogens is 2. The van der Waals surface area contributed by atoms with Crippen LogP contribution >= 0.6 is 0 Å². The molecular weight excluding hydrogens is 238 g/mol. The van der Waals surface area contributed by atoms with Gasteiger partial charge in [-0.3, -0.25) is 0 Å². The summed E-state index contributed by atoms with van der Waals surface area (Å²) in [5, 5.41) is 16.5. The molecule has 0 atom stereocenters. The van der Waals surface area contributed by atoms with Crippen LogP contribution in [0.5, 0.6) is 0 Å². The van der Waals surface area contributed by atoms with E-state index in [1.165, 1.54) is 10.7 Å². The predicted molar refractivity (Wildman–Crippen MR) is 60.5 cm³/mol. The fourth-order valence-corrected chi connectivity index (χ4v) is 1.64. The minimum atomic E-state index is -0.965. The molecule has 0 aliphatic carbocycles. The summed E-state index contributed by atoms with van der Waals surface area (Å²) in [6, 6.07) is 5.31. The third kappa shape index (κ3) is 1.95. The van der Waals surface area contributed by atoms with Crippen LogP contribution in [0.3, 0.4) is 0 Å². The topological polar surface area (TPSA) is 54.5 Å². The zero-order valence-corrected chi connectivity index (χ0v) is 9.85. The summed E-state index contributed by atoms with van der Waals surface area (Å²) in [7, 11) is 0. The molecule has 2 rings (SSSR count). The van der Waals surface area contributed by atoms with Gasteiger partial charge in [-0.15, -0.1) is 5.10 Å². The first kappa shape index (κ1) is 12.2. The molecule has 0 amide bonds. The molecule has 18 heavy (non-hydrogen) atoms. The summed E-state index contributed by atoms with van der Waals surface area (Å²) in [5.41, 5.74) is 0.866. The Balaban J connectivity index is 2.65. The van der Waals surface area contributed by atoms with E-state index >= 15 is 0 Å². The summed E-state index contributed by atoms with van der Waals surface area (Å²) in [6.07, 6.45) is 0. The first-order chi connectivity index (χ1) is 8.54. The summed E-state index contributed by atoms with van der Waals surface area (Å²) < 4.78 is 27.6. The van der Waals surface area contributed by atoms with E-state index < -0.39 is 11.6 Å². The highest BCUT2D eigenvalue weighted by Gasteiger charge is 2.17. The molecule has 0 fully saturated rings. The van der Waals surface area contributed by atoms with Crippen molar-refractivity contribution in [3.8, 4) is 17.3 Å². The standard InChI is InChI=1S/C12H10F2N4/c1-7(2)18-12(11(6-15)16-17-18)8-3-4-9(13)10(14)5-8/h3-5,7H,1-2H3. The van der Waals surface area contributed by atoms with Crippen LogP contribution in [0.2, 0.25) is 0 Å². The molecule has 0 saturated carbocycles. The van der Waals surface area contributed by atoms with Crippen molar-refractivity contribution in [2.24, 2.45) is 0 Å².